The molecular formula is C12H20N2OS. The Kier molecular flexibility index (Phi) is 4.75. The third-order valence-electron chi connectivity index (χ3n) is 3.15. The van der Waals surface area contributed by atoms with Gasteiger partial charge in [0.2, 0.25) is 0 Å². The van der Waals surface area contributed by atoms with E-state index in [1.54, 1.807) is 11.3 Å². The number of hydrogen-bond acceptors (Lipinski definition) is 4. The highest BCUT2D eigenvalue weighted by Gasteiger charge is 2.17. The first-order chi connectivity index (χ1) is 7.90. The largest absolute Gasteiger partial charge is 0.381 e. The van der Waals surface area contributed by atoms with Crippen molar-refractivity contribution in [2.45, 2.75) is 32.2 Å². The van der Waals surface area contributed by atoms with Crippen LogP contribution in [0.4, 0.5) is 0 Å². The number of hydrogen-bond donors (Lipinski definition) is 1. The molecule has 1 aromatic heterocycles. The van der Waals surface area contributed by atoms with Crippen molar-refractivity contribution >= 4 is 11.3 Å². The minimum Gasteiger partial charge on any atom is -0.381 e. The van der Waals surface area contributed by atoms with Crippen LogP contribution < -0.4 is 5.32 Å². The molecule has 0 bridgehead atoms. The van der Waals surface area contributed by atoms with Crippen molar-refractivity contribution in [3.63, 3.8) is 0 Å². The van der Waals surface area contributed by atoms with Gasteiger partial charge in [0.1, 0.15) is 5.01 Å². The summed E-state index contributed by atoms with van der Waals surface area (Å²) in [4.78, 5) is 4.38. The topological polar surface area (TPSA) is 34.1 Å². The summed E-state index contributed by atoms with van der Waals surface area (Å²) >= 11 is 1.74. The molecule has 1 N–H and O–H groups in total. The van der Waals surface area contributed by atoms with Gasteiger partial charge in [-0.25, -0.2) is 4.98 Å². The second-order valence-corrected chi connectivity index (χ2v) is 5.22. The van der Waals surface area contributed by atoms with E-state index in [0.29, 0.717) is 6.04 Å². The van der Waals surface area contributed by atoms with Crippen LogP contribution in [0.25, 0.3) is 0 Å². The van der Waals surface area contributed by atoms with E-state index >= 15 is 0 Å². The van der Waals surface area contributed by atoms with E-state index in [4.69, 9.17) is 4.74 Å². The lowest BCUT2D eigenvalue weighted by molar-refractivity contribution is 0.0654. The number of aromatic nitrogens is 1. The summed E-state index contributed by atoms with van der Waals surface area (Å²) in [7, 11) is 0. The number of nitrogens with one attached hydrogen (secondary N) is 1. The summed E-state index contributed by atoms with van der Waals surface area (Å²) in [5.74, 6) is 0.780. The third-order valence-corrected chi connectivity index (χ3v) is 4.04. The highest BCUT2D eigenvalue weighted by molar-refractivity contribution is 7.09. The first-order valence-electron chi connectivity index (χ1n) is 6.10. The van der Waals surface area contributed by atoms with Crippen molar-refractivity contribution in [2.24, 2.45) is 5.92 Å². The van der Waals surface area contributed by atoms with Crippen molar-refractivity contribution < 1.29 is 4.74 Å². The Morgan fingerprint density at radius 3 is 3.00 bits per heavy atom. The maximum atomic E-state index is 5.37. The Morgan fingerprint density at radius 2 is 2.38 bits per heavy atom. The zero-order valence-corrected chi connectivity index (χ0v) is 10.6. The number of nitrogens with zero attached hydrogens (tertiary/aromatic N) is 1. The zero-order valence-electron chi connectivity index (χ0n) is 9.82. The second kappa shape index (κ2) is 6.33. The second-order valence-electron chi connectivity index (χ2n) is 4.30. The van der Waals surface area contributed by atoms with E-state index in [0.717, 1.165) is 32.1 Å². The standard InChI is InChI=1S/C12H20N2OS/c1-2-11(12-13-5-8-16-12)14-9-10-3-6-15-7-4-10/h5,8,10-11,14H,2-4,6-7,9H2,1H3. The Balaban J connectivity index is 1.78. The monoisotopic (exact) mass is 240 g/mol. The fourth-order valence-electron chi connectivity index (χ4n) is 2.07. The molecule has 90 valence electrons. The molecule has 16 heavy (non-hydrogen) atoms. The van der Waals surface area contributed by atoms with E-state index < -0.39 is 0 Å². The van der Waals surface area contributed by atoms with Gasteiger partial charge in [-0.3, -0.25) is 0 Å². The van der Waals surface area contributed by atoms with Gasteiger partial charge >= 0.3 is 0 Å². The van der Waals surface area contributed by atoms with E-state index in [2.05, 4.69) is 17.2 Å². The lowest BCUT2D eigenvalue weighted by Crippen LogP contribution is -2.30. The van der Waals surface area contributed by atoms with Gasteiger partial charge in [0.15, 0.2) is 0 Å². The van der Waals surface area contributed by atoms with Gasteiger partial charge < -0.3 is 10.1 Å². The Labute approximate surface area is 101 Å². The Hall–Kier alpha value is -0.450. The molecule has 0 saturated carbocycles. The quantitative estimate of drug-likeness (QED) is 0.859. The Bertz CT molecular complexity index is 283. The number of rotatable bonds is 5. The van der Waals surface area contributed by atoms with Gasteiger partial charge in [0.25, 0.3) is 0 Å². The van der Waals surface area contributed by atoms with Gasteiger partial charge in [-0.15, -0.1) is 11.3 Å². The maximum Gasteiger partial charge on any atom is 0.109 e. The number of thiazole rings is 1. The van der Waals surface area contributed by atoms with Crippen LogP contribution in [0.5, 0.6) is 0 Å². The summed E-state index contributed by atoms with van der Waals surface area (Å²) in [5, 5.41) is 6.90. The van der Waals surface area contributed by atoms with Crippen molar-refractivity contribution in [2.75, 3.05) is 19.8 Å². The van der Waals surface area contributed by atoms with Crippen LogP contribution in [-0.4, -0.2) is 24.7 Å². The SMILES string of the molecule is CCC(NCC1CCOCC1)c1nccs1. The summed E-state index contributed by atoms with van der Waals surface area (Å²) in [6.45, 7) is 5.17. The van der Waals surface area contributed by atoms with Crippen LogP contribution in [0.15, 0.2) is 11.6 Å². The molecule has 0 aliphatic carbocycles. The molecule has 0 aromatic carbocycles. The first-order valence-corrected chi connectivity index (χ1v) is 6.98. The van der Waals surface area contributed by atoms with Crippen molar-refractivity contribution in [3.8, 4) is 0 Å². The highest BCUT2D eigenvalue weighted by Crippen LogP contribution is 2.20. The minimum atomic E-state index is 0.433. The average Bonchev–Trinajstić information content (AvgIpc) is 2.85. The van der Waals surface area contributed by atoms with E-state index in [-0.39, 0.29) is 0 Å². The van der Waals surface area contributed by atoms with Crippen LogP contribution in [-0.2, 0) is 4.74 Å². The molecule has 3 nitrogen and oxygen atoms in total. The lowest BCUT2D eigenvalue weighted by atomic mass is 10.00. The van der Waals surface area contributed by atoms with E-state index in [9.17, 15) is 0 Å². The smallest absolute Gasteiger partial charge is 0.109 e. The lowest BCUT2D eigenvalue weighted by Gasteiger charge is -2.24. The molecule has 0 amide bonds. The molecular weight excluding hydrogens is 220 g/mol. The molecule has 0 radical (unpaired) electrons. The molecule has 2 heterocycles. The van der Waals surface area contributed by atoms with Gasteiger partial charge in [-0.2, -0.15) is 0 Å². The highest BCUT2D eigenvalue weighted by atomic mass is 32.1. The molecule has 1 atom stereocenters. The van der Waals surface area contributed by atoms with E-state index in [1.165, 1.54) is 17.8 Å². The van der Waals surface area contributed by atoms with Gasteiger partial charge in [0, 0.05) is 24.8 Å². The third kappa shape index (κ3) is 3.27. The van der Waals surface area contributed by atoms with Crippen LogP contribution in [0.1, 0.15) is 37.2 Å². The molecule has 0 spiro atoms. The normalized spacial score (nSPS) is 19.8. The molecule has 1 aromatic rings. The summed E-state index contributed by atoms with van der Waals surface area (Å²) in [6.07, 6.45) is 5.39. The Morgan fingerprint density at radius 1 is 1.56 bits per heavy atom. The van der Waals surface area contributed by atoms with Gasteiger partial charge in [0.05, 0.1) is 6.04 Å². The summed E-state index contributed by atoms with van der Waals surface area (Å²) in [5.41, 5.74) is 0. The molecule has 1 saturated heterocycles. The van der Waals surface area contributed by atoms with Crippen molar-refractivity contribution in [3.05, 3.63) is 16.6 Å². The van der Waals surface area contributed by atoms with Gasteiger partial charge in [-0.05, 0) is 31.7 Å². The van der Waals surface area contributed by atoms with Crippen molar-refractivity contribution in [1.29, 1.82) is 0 Å². The average molecular weight is 240 g/mol. The first kappa shape index (κ1) is 12.0. The molecule has 1 unspecified atom stereocenters. The summed E-state index contributed by atoms with van der Waals surface area (Å²) < 4.78 is 5.37. The maximum absolute atomic E-state index is 5.37. The number of ether oxygens (including phenoxy) is 1. The minimum absolute atomic E-state index is 0.433. The fraction of sp³-hybridized carbons (Fsp3) is 0.750. The zero-order chi connectivity index (χ0) is 11.2. The van der Waals surface area contributed by atoms with Crippen LogP contribution in [0.3, 0.4) is 0 Å². The fourth-order valence-corrected chi connectivity index (χ4v) is 2.87. The van der Waals surface area contributed by atoms with E-state index in [1.807, 2.05) is 11.6 Å². The van der Waals surface area contributed by atoms with Crippen molar-refractivity contribution in [1.82, 2.24) is 10.3 Å². The van der Waals surface area contributed by atoms with Crippen LogP contribution in [0.2, 0.25) is 0 Å². The molecule has 4 heteroatoms. The van der Waals surface area contributed by atoms with Gasteiger partial charge in [-0.1, -0.05) is 6.92 Å². The molecule has 2 rings (SSSR count). The predicted molar refractivity (Wildman–Crippen MR) is 66.7 cm³/mol. The summed E-state index contributed by atoms with van der Waals surface area (Å²) in [6, 6.07) is 0.433. The predicted octanol–water partition coefficient (Wildman–Crippen LogP) is 2.61. The van der Waals surface area contributed by atoms with Crippen LogP contribution in [0, 0.1) is 5.92 Å². The molecule has 1 fully saturated rings. The van der Waals surface area contributed by atoms with Crippen LogP contribution >= 0.6 is 11.3 Å². The molecule has 1 aliphatic rings. The molecule has 1 aliphatic heterocycles.